The van der Waals surface area contributed by atoms with Crippen molar-refractivity contribution in [3.8, 4) is 0 Å². The topological polar surface area (TPSA) is 29.5 Å². The maximum Gasteiger partial charge on any atom is 0.246 e. The van der Waals surface area contributed by atoms with Crippen LogP contribution in [0.15, 0.2) is 21.3 Å². The summed E-state index contributed by atoms with van der Waals surface area (Å²) in [7, 11) is 3.46. The molecule has 1 heterocycles. The Morgan fingerprint density at radius 2 is 2.41 bits per heavy atom. The maximum absolute atomic E-state index is 11.7. The first kappa shape index (κ1) is 14.4. The third kappa shape index (κ3) is 5.48. The Bertz CT molecular complexity index is 390. The summed E-state index contributed by atoms with van der Waals surface area (Å²) in [6.45, 7) is 1.39. The van der Waals surface area contributed by atoms with E-state index in [1.807, 2.05) is 17.5 Å². The highest BCUT2D eigenvalue weighted by atomic mass is 79.9. The van der Waals surface area contributed by atoms with E-state index < -0.39 is 0 Å². The Morgan fingerprint density at radius 1 is 1.65 bits per heavy atom. The number of carbonyl (C=O) groups excluding carboxylic acids is 1. The lowest BCUT2D eigenvalue weighted by molar-refractivity contribution is -0.124. The van der Waals surface area contributed by atoms with E-state index in [1.54, 1.807) is 36.5 Å². The van der Waals surface area contributed by atoms with Gasteiger partial charge >= 0.3 is 0 Å². The molecule has 1 aromatic rings. The van der Waals surface area contributed by atoms with Crippen LogP contribution in [-0.2, 0) is 9.53 Å². The number of rotatable bonds is 6. The van der Waals surface area contributed by atoms with Crippen LogP contribution < -0.4 is 0 Å². The SMILES string of the molecule is COCCCN(C)C(=O)/C=C\c1csc(Br)c1. The van der Waals surface area contributed by atoms with Gasteiger partial charge in [-0.3, -0.25) is 4.79 Å². The van der Waals surface area contributed by atoms with Gasteiger partial charge in [-0.05, 0) is 45.4 Å². The van der Waals surface area contributed by atoms with Crippen LogP contribution in [0.3, 0.4) is 0 Å². The van der Waals surface area contributed by atoms with Crippen LogP contribution in [0, 0.1) is 0 Å². The molecule has 0 saturated carbocycles. The number of thiophene rings is 1. The molecule has 1 aromatic heterocycles. The van der Waals surface area contributed by atoms with Crippen LogP contribution in [0.2, 0.25) is 0 Å². The molecule has 3 nitrogen and oxygen atoms in total. The van der Waals surface area contributed by atoms with Crippen LogP contribution in [0.5, 0.6) is 0 Å². The third-order valence-electron chi connectivity index (χ3n) is 2.22. The molecule has 0 unspecified atom stereocenters. The molecule has 0 N–H and O–H groups in total. The number of methoxy groups -OCH3 is 1. The van der Waals surface area contributed by atoms with Crippen molar-refractivity contribution >= 4 is 39.2 Å². The molecule has 1 rings (SSSR count). The van der Waals surface area contributed by atoms with Crippen molar-refractivity contribution in [1.82, 2.24) is 4.90 Å². The number of ether oxygens (including phenoxy) is 1. The Balaban J connectivity index is 2.40. The molecular weight excluding hydrogens is 302 g/mol. The number of carbonyl (C=O) groups is 1. The molecule has 0 bridgehead atoms. The lowest BCUT2D eigenvalue weighted by Gasteiger charge is -2.14. The number of amides is 1. The molecule has 0 aliphatic heterocycles. The van der Waals surface area contributed by atoms with Gasteiger partial charge in [0, 0.05) is 33.4 Å². The first-order valence-corrected chi connectivity index (χ1v) is 6.97. The van der Waals surface area contributed by atoms with Crippen molar-refractivity contribution in [3.63, 3.8) is 0 Å². The molecule has 0 fully saturated rings. The Hall–Kier alpha value is -0.650. The van der Waals surface area contributed by atoms with Crippen molar-refractivity contribution in [2.45, 2.75) is 6.42 Å². The minimum Gasteiger partial charge on any atom is -0.385 e. The van der Waals surface area contributed by atoms with Crippen LogP contribution in [0.4, 0.5) is 0 Å². The van der Waals surface area contributed by atoms with Gasteiger partial charge in [-0.15, -0.1) is 11.3 Å². The molecule has 0 aliphatic rings. The molecule has 0 radical (unpaired) electrons. The first-order chi connectivity index (χ1) is 8.13. The molecule has 17 heavy (non-hydrogen) atoms. The van der Waals surface area contributed by atoms with Gasteiger partial charge in [0.25, 0.3) is 0 Å². The fraction of sp³-hybridized carbons (Fsp3) is 0.417. The molecule has 1 amide bonds. The van der Waals surface area contributed by atoms with Crippen LogP contribution >= 0.6 is 27.3 Å². The second kappa shape index (κ2) is 7.63. The average Bonchev–Trinajstić information content (AvgIpc) is 2.72. The molecule has 5 heteroatoms. The van der Waals surface area contributed by atoms with Gasteiger partial charge in [0.2, 0.25) is 5.91 Å². The third-order valence-corrected chi connectivity index (χ3v) is 3.75. The zero-order valence-corrected chi connectivity index (χ0v) is 12.4. The summed E-state index contributed by atoms with van der Waals surface area (Å²) < 4.78 is 6.01. The Labute approximate surface area is 114 Å². The highest BCUT2D eigenvalue weighted by Crippen LogP contribution is 2.21. The predicted molar refractivity (Wildman–Crippen MR) is 75.2 cm³/mol. The summed E-state index contributed by atoms with van der Waals surface area (Å²) in [5.74, 6) is 0.0171. The van der Waals surface area contributed by atoms with E-state index in [0.29, 0.717) is 13.2 Å². The number of likely N-dealkylation sites (N-methyl/N-ethyl adjacent to an activating group) is 1. The van der Waals surface area contributed by atoms with Gasteiger partial charge < -0.3 is 9.64 Å². The van der Waals surface area contributed by atoms with Gasteiger partial charge in [0.1, 0.15) is 0 Å². The predicted octanol–water partition coefficient (Wildman–Crippen LogP) is 3.02. The molecule has 0 aromatic carbocycles. The summed E-state index contributed by atoms with van der Waals surface area (Å²) in [5.41, 5.74) is 1.04. The first-order valence-electron chi connectivity index (χ1n) is 5.29. The lowest BCUT2D eigenvalue weighted by Crippen LogP contribution is -2.26. The summed E-state index contributed by atoms with van der Waals surface area (Å²) in [4.78, 5) is 13.4. The molecule has 0 saturated heterocycles. The highest BCUT2D eigenvalue weighted by Gasteiger charge is 2.03. The summed E-state index contributed by atoms with van der Waals surface area (Å²) in [5, 5.41) is 2.00. The molecule has 0 aliphatic carbocycles. The van der Waals surface area contributed by atoms with Crippen molar-refractivity contribution in [3.05, 3.63) is 26.9 Å². The van der Waals surface area contributed by atoms with Gasteiger partial charge in [-0.1, -0.05) is 0 Å². The Morgan fingerprint density at radius 3 is 3.00 bits per heavy atom. The highest BCUT2D eigenvalue weighted by molar-refractivity contribution is 9.11. The van der Waals surface area contributed by atoms with Crippen molar-refractivity contribution in [2.75, 3.05) is 27.3 Å². The number of halogens is 1. The number of nitrogens with zero attached hydrogens (tertiary/aromatic N) is 1. The second-order valence-corrected chi connectivity index (χ2v) is 5.91. The maximum atomic E-state index is 11.7. The van der Waals surface area contributed by atoms with E-state index in [1.165, 1.54) is 0 Å². The van der Waals surface area contributed by atoms with Gasteiger partial charge in [-0.2, -0.15) is 0 Å². The van der Waals surface area contributed by atoms with Crippen molar-refractivity contribution < 1.29 is 9.53 Å². The van der Waals surface area contributed by atoms with Crippen LogP contribution in [0.1, 0.15) is 12.0 Å². The monoisotopic (exact) mass is 317 g/mol. The Kier molecular flexibility index (Phi) is 6.47. The van der Waals surface area contributed by atoms with Gasteiger partial charge in [-0.25, -0.2) is 0 Å². The molecule has 0 spiro atoms. The van der Waals surface area contributed by atoms with E-state index in [4.69, 9.17) is 4.74 Å². The van der Waals surface area contributed by atoms with Crippen molar-refractivity contribution in [2.24, 2.45) is 0 Å². The zero-order valence-electron chi connectivity index (χ0n) is 9.98. The van der Waals surface area contributed by atoms with E-state index in [2.05, 4.69) is 15.9 Å². The van der Waals surface area contributed by atoms with E-state index in [9.17, 15) is 4.79 Å². The summed E-state index contributed by atoms with van der Waals surface area (Å²) >= 11 is 4.99. The quantitative estimate of drug-likeness (QED) is 0.596. The summed E-state index contributed by atoms with van der Waals surface area (Å²) in [6, 6.07) is 1.99. The normalized spacial score (nSPS) is 11.0. The van der Waals surface area contributed by atoms with E-state index in [-0.39, 0.29) is 5.91 Å². The summed E-state index contributed by atoms with van der Waals surface area (Å²) in [6.07, 6.45) is 4.29. The van der Waals surface area contributed by atoms with Crippen LogP contribution in [-0.4, -0.2) is 38.1 Å². The van der Waals surface area contributed by atoms with Crippen molar-refractivity contribution in [1.29, 1.82) is 0 Å². The molecular formula is C12H16BrNO2S. The smallest absolute Gasteiger partial charge is 0.246 e. The molecule has 94 valence electrons. The van der Waals surface area contributed by atoms with E-state index >= 15 is 0 Å². The number of hydrogen-bond donors (Lipinski definition) is 0. The second-order valence-electron chi connectivity index (χ2n) is 3.62. The lowest BCUT2D eigenvalue weighted by atomic mass is 10.3. The largest absolute Gasteiger partial charge is 0.385 e. The fourth-order valence-corrected chi connectivity index (χ4v) is 2.41. The minimum absolute atomic E-state index is 0.0171. The molecule has 0 atom stereocenters. The minimum atomic E-state index is 0.0171. The average molecular weight is 318 g/mol. The zero-order chi connectivity index (χ0) is 12.7. The fourth-order valence-electron chi connectivity index (χ4n) is 1.26. The van der Waals surface area contributed by atoms with E-state index in [0.717, 1.165) is 15.8 Å². The van der Waals surface area contributed by atoms with Gasteiger partial charge in [0.05, 0.1) is 3.79 Å². The van der Waals surface area contributed by atoms with Crippen LogP contribution in [0.25, 0.3) is 6.08 Å². The standard InChI is InChI=1S/C12H16BrNO2S/c1-14(6-3-7-16-2)12(15)5-4-10-8-11(13)17-9-10/h4-5,8-9H,3,6-7H2,1-2H3/b5-4-. The number of hydrogen-bond acceptors (Lipinski definition) is 3. The van der Waals surface area contributed by atoms with Gasteiger partial charge in [0.15, 0.2) is 0 Å².